The highest BCUT2D eigenvalue weighted by molar-refractivity contribution is 8.01. The highest BCUT2D eigenvalue weighted by Crippen LogP contribution is 2.34. The zero-order valence-electron chi connectivity index (χ0n) is 14.5. The molecule has 2 aromatic heterocycles. The summed E-state index contributed by atoms with van der Waals surface area (Å²) in [4.78, 5) is 17.6. The molecule has 0 aliphatic heterocycles. The van der Waals surface area contributed by atoms with Crippen molar-refractivity contribution in [3.63, 3.8) is 0 Å². The van der Waals surface area contributed by atoms with Crippen molar-refractivity contribution in [2.45, 2.75) is 9.24 Å². The molecular weight excluding hydrogens is 392 g/mol. The molecule has 0 aliphatic carbocycles. The number of aromatic nitrogens is 3. The molecule has 0 fully saturated rings. The van der Waals surface area contributed by atoms with E-state index in [4.69, 9.17) is 4.74 Å². The van der Waals surface area contributed by atoms with Crippen LogP contribution >= 0.6 is 23.1 Å². The van der Waals surface area contributed by atoms with Gasteiger partial charge in [-0.25, -0.2) is 0 Å². The van der Waals surface area contributed by atoms with Crippen molar-refractivity contribution in [2.24, 2.45) is 0 Å². The van der Waals surface area contributed by atoms with Gasteiger partial charge in [0.25, 0.3) is 5.91 Å². The third-order valence-electron chi connectivity index (χ3n) is 3.66. The summed E-state index contributed by atoms with van der Waals surface area (Å²) >= 11 is 2.92. The number of para-hydroxylation sites is 1. The van der Waals surface area contributed by atoms with E-state index in [9.17, 15) is 4.79 Å². The smallest absolute Gasteiger partial charge is 0.255 e. The van der Waals surface area contributed by atoms with Crippen molar-refractivity contribution in [3.05, 3.63) is 84.1 Å². The van der Waals surface area contributed by atoms with Gasteiger partial charge in [-0.15, -0.1) is 10.2 Å². The number of hydrogen-bond acceptors (Lipinski definition) is 7. The van der Waals surface area contributed by atoms with Crippen LogP contribution in [0.5, 0.6) is 11.5 Å². The highest BCUT2D eigenvalue weighted by Gasteiger charge is 2.11. The number of anilines is 1. The van der Waals surface area contributed by atoms with Gasteiger partial charge >= 0.3 is 0 Å². The van der Waals surface area contributed by atoms with Gasteiger partial charge in [-0.3, -0.25) is 9.78 Å². The molecule has 28 heavy (non-hydrogen) atoms. The number of nitrogens with zero attached hydrogens (tertiary/aromatic N) is 3. The van der Waals surface area contributed by atoms with Crippen LogP contribution in [0.3, 0.4) is 0 Å². The van der Waals surface area contributed by atoms with Crippen molar-refractivity contribution in [3.8, 4) is 11.5 Å². The molecule has 138 valence electrons. The molecule has 8 heteroatoms. The van der Waals surface area contributed by atoms with Crippen molar-refractivity contribution in [2.75, 3.05) is 5.32 Å². The van der Waals surface area contributed by atoms with Crippen LogP contribution in [-0.2, 0) is 0 Å². The van der Waals surface area contributed by atoms with Gasteiger partial charge in [-0.1, -0.05) is 35.2 Å². The SMILES string of the molecule is O=C(Nc1ccccc1Sc1nncs1)c1ccc(Oc2cccnc2)cc1. The van der Waals surface area contributed by atoms with E-state index in [1.54, 1.807) is 48.2 Å². The summed E-state index contributed by atoms with van der Waals surface area (Å²) in [6.45, 7) is 0. The van der Waals surface area contributed by atoms with Gasteiger partial charge < -0.3 is 10.1 Å². The summed E-state index contributed by atoms with van der Waals surface area (Å²) in [5.41, 5.74) is 2.94. The van der Waals surface area contributed by atoms with E-state index < -0.39 is 0 Å². The van der Waals surface area contributed by atoms with E-state index in [2.05, 4.69) is 20.5 Å². The number of hydrogen-bond donors (Lipinski definition) is 1. The Morgan fingerprint density at radius 2 is 1.86 bits per heavy atom. The Labute approximate surface area is 169 Å². The summed E-state index contributed by atoms with van der Waals surface area (Å²) in [7, 11) is 0. The zero-order valence-corrected chi connectivity index (χ0v) is 16.1. The summed E-state index contributed by atoms with van der Waals surface area (Å²) in [6, 6.07) is 18.2. The molecule has 0 spiro atoms. The molecule has 4 aromatic rings. The fourth-order valence-corrected chi connectivity index (χ4v) is 3.89. The summed E-state index contributed by atoms with van der Waals surface area (Å²) in [6.07, 6.45) is 3.31. The minimum absolute atomic E-state index is 0.196. The first-order valence-corrected chi connectivity index (χ1v) is 10.00. The first-order valence-electron chi connectivity index (χ1n) is 8.30. The number of nitrogens with one attached hydrogen (secondary N) is 1. The van der Waals surface area contributed by atoms with Gasteiger partial charge in [0.1, 0.15) is 17.0 Å². The lowest BCUT2D eigenvalue weighted by atomic mass is 10.2. The van der Waals surface area contributed by atoms with E-state index >= 15 is 0 Å². The number of ether oxygens (including phenoxy) is 1. The van der Waals surface area contributed by atoms with Gasteiger partial charge in [0, 0.05) is 16.7 Å². The van der Waals surface area contributed by atoms with Crippen LogP contribution in [0.25, 0.3) is 0 Å². The van der Waals surface area contributed by atoms with Gasteiger partial charge in [0.15, 0.2) is 4.34 Å². The minimum atomic E-state index is -0.196. The Kier molecular flexibility index (Phi) is 5.60. The molecule has 0 aliphatic rings. The highest BCUT2D eigenvalue weighted by atomic mass is 32.2. The Morgan fingerprint density at radius 3 is 2.61 bits per heavy atom. The first-order chi connectivity index (χ1) is 13.8. The lowest BCUT2D eigenvalue weighted by Crippen LogP contribution is -2.12. The topological polar surface area (TPSA) is 77.0 Å². The normalized spacial score (nSPS) is 10.4. The summed E-state index contributed by atoms with van der Waals surface area (Å²) in [5.74, 6) is 1.08. The zero-order chi connectivity index (χ0) is 19.2. The van der Waals surface area contributed by atoms with Crippen LogP contribution in [0.1, 0.15) is 10.4 Å². The first kappa shape index (κ1) is 18.1. The van der Waals surface area contributed by atoms with E-state index in [0.29, 0.717) is 17.1 Å². The molecule has 0 atom stereocenters. The lowest BCUT2D eigenvalue weighted by Gasteiger charge is -2.10. The number of pyridine rings is 1. The predicted octanol–water partition coefficient (Wildman–Crippen LogP) is 5.13. The second-order valence-corrected chi connectivity index (χ2v) is 7.69. The Morgan fingerprint density at radius 1 is 1.00 bits per heavy atom. The Balaban J connectivity index is 1.45. The van der Waals surface area contributed by atoms with E-state index in [1.807, 2.05) is 30.3 Å². The number of benzene rings is 2. The van der Waals surface area contributed by atoms with Gasteiger partial charge in [0.05, 0.1) is 11.9 Å². The van der Waals surface area contributed by atoms with Gasteiger partial charge in [0.2, 0.25) is 0 Å². The standard InChI is InChI=1S/C20H14N4O2S2/c25-19(14-7-9-15(10-8-14)26-16-4-3-11-21-12-16)23-17-5-1-2-6-18(17)28-20-24-22-13-27-20/h1-13H,(H,23,25). The lowest BCUT2D eigenvalue weighted by molar-refractivity contribution is 0.102. The maximum absolute atomic E-state index is 12.6. The Hall–Kier alpha value is -3.23. The van der Waals surface area contributed by atoms with Crippen molar-refractivity contribution < 1.29 is 9.53 Å². The predicted molar refractivity (Wildman–Crippen MR) is 109 cm³/mol. The maximum Gasteiger partial charge on any atom is 0.255 e. The number of carbonyl (C=O) groups is 1. The van der Waals surface area contributed by atoms with E-state index in [-0.39, 0.29) is 5.91 Å². The minimum Gasteiger partial charge on any atom is -0.456 e. The van der Waals surface area contributed by atoms with Crippen LogP contribution in [0.4, 0.5) is 5.69 Å². The van der Waals surface area contributed by atoms with Crippen LogP contribution < -0.4 is 10.1 Å². The second kappa shape index (κ2) is 8.64. The monoisotopic (exact) mass is 406 g/mol. The van der Waals surface area contributed by atoms with Crippen LogP contribution in [0, 0.1) is 0 Å². The third-order valence-corrected chi connectivity index (χ3v) is 5.51. The van der Waals surface area contributed by atoms with Crippen LogP contribution in [0.2, 0.25) is 0 Å². The molecule has 0 radical (unpaired) electrons. The quantitative estimate of drug-likeness (QED) is 0.478. The van der Waals surface area contributed by atoms with Gasteiger partial charge in [-0.05, 0) is 48.5 Å². The molecule has 1 N–H and O–H groups in total. The summed E-state index contributed by atoms with van der Waals surface area (Å²) in [5, 5.41) is 10.8. The van der Waals surface area contributed by atoms with Crippen molar-refractivity contribution in [1.29, 1.82) is 0 Å². The molecule has 6 nitrogen and oxygen atoms in total. The average Bonchev–Trinajstić information content (AvgIpc) is 3.24. The van der Waals surface area contributed by atoms with E-state index in [0.717, 1.165) is 14.9 Å². The Bertz CT molecular complexity index is 1060. The van der Waals surface area contributed by atoms with Crippen molar-refractivity contribution in [1.82, 2.24) is 15.2 Å². The number of amides is 1. The molecule has 0 unspecified atom stereocenters. The molecule has 2 aromatic carbocycles. The van der Waals surface area contributed by atoms with Crippen LogP contribution in [0.15, 0.2) is 87.8 Å². The molecule has 0 saturated carbocycles. The fourth-order valence-electron chi connectivity index (χ4n) is 2.37. The summed E-state index contributed by atoms with van der Waals surface area (Å²) < 4.78 is 6.52. The largest absolute Gasteiger partial charge is 0.456 e. The number of carbonyl (C=O) groups excluding carboxylic acids is 1. The fraction of sp³-hybridized carbons (Fsp3) is 0. The molecule has 1 amide bonds. The average molecular weight is 406 g/mol. The maximum atomic E-state index is 12.6. The van der Waals surface area contributed by atoms with E-state index in [1.165, 1.54) is 23.1 Å². The second-order valence-electron chi connectivity index (χ2n) is 5.57. The van der Waals surface area contributed by atoms with Crippen molar-refractivity contribution >= 4 is 34.7 Å². The molecule has 2 heterocycles. The molecule has 0 bridgehead atoms. The third kappa shape index (κ3) is 4.54. The number of rotatable bonds is 6. The van der Waals surface area contributed by atoms with Crippen LogP contribution in [-0.4, -0.2) is 21.1 Å². The molecule has 0 saturated heterocycles. The molecular formula is C20H14N4O2S2. The van der Waals surface area contributed by atoms with Gasteiger partial charge in [-0.2, -0.15) is 0 Å². The molecule has 4 rings (SSSR count).